The molecule has 0 saturated heterocycles. The number of nitrogens with one attached hydrogen (secondary N) is 2. The number of aryl methyl sites for hydroxylation is 2. The van der Waals surface area contributed by atoms with Gasteiger partial charge in [0.25, 0.3) is 5.56 Å². The molecule has 21 heavy (non-hydrogen) atoms. The number of aromatic amines is 1. The summed E-state index contributed by atoms with van der Waals surface area (Å²) in [6.07, 6.45) is 0.645. The zero-order valence-corrected chi connectivity index (χ0v) is 13.2. The van der Waals surface area contributed by atoms with E-state index in [-0.39, 0.29) is 5.56 Å². The van der Waals surface area contributed by atoms with Crippen molar-refractivity contribution < 1.29 is 0 Å². The van der Waals surface area contributed by atoms with Crippen LogP contribution in [0, 0.1) is 13.8 Å². The van der Waals surface area contributed by atoms with Crippen LogP contribution in [0.25, 0.3) is 0 Å². The molecule has 0 unspecified atom stereocenters. The first-order valence-corrected chi connectivity index (χ1v) is 7.32. The van der Waals surface area contributed by atoms with Crippen molar-refractivity contribution in [3.8, 4) is 0 Å². The van der Waals surface area contributed by atoms with E-state index in [4.69, 9.17) is 0 Å². The summed E-state index contributed by atoms with van der Waals surface area (Å²) >= 11 is 0. The van der Waals surface area contributed by atoms with Gasteiger partial charge in [0.15, 0.2) is 0 Å². The van der Waals surface area contributed by atoms with Crippen molar-refractivity contribution in [1.82, 2.24) is 15.3 Å². The molecule has 0 fully saturated rings. The SMILES string of the molecule is Cc1ccc(Cc2nc(CNC(C)C)cc(=O)[nH]2)cc1C. The third kappa shape index (κ3) is 4.53. The maximum absolute atomic E-state index is 11.7. The van der Waals surface area contributed by atoms with Crippen molar-refractivity contribution in [3.63, 3.8) is 0 Å². The fraction of sp³-hybridized carbons (Fsp3) is 0.412. The highest BCUT2D eigenvalue weighted by atomic mass is 16.1. The number of hydrogen-bond acceptors (Lipinski definition) is 3. The van der Waals surface area contributed by atoms with Gasteiger partial charge in [0.2, 0.25) is 0 Å². The molecule has 0 atom stereocenters. The standard InChI is InChI=1S/C17H23N3O/c1-11(2)18-10-15-9-17(21)20-16(19-15)8-14-6-5-12(3)13(4)7-14/h5-7,9,11,18H,8,10H2,1-4H3,(H,19,20,21). The third-order valence-electron chi connectivity index (χ3n) is 3.48. The molecule has 0 amide bonds. The Morgan fingerprint density at radius 2 is 1.95 bits per heavy atom. The van der Waals surface area contributed by atoms with Crippen LogP contribution < -0.4 is 10.9 Å². The topological polar surface area (TPSA) is 57.8 Å². The van der Waals surface area contributed by atoms with E-state index in [1.54, 1.807) is 6.07 Å². The summed E-state index contributed by atoms with van der Waals surface area (Å²) in [6, 6.07) is 8.26. The van der Waals surface area contributed by atoms with Crippen LogP contribution in [0.5, 0.6) is 0 Å². The lowest BCUT2D eigenvalue weighted by Crippen LogP contribution is -2.24. The minimum atomic E-state index is -0.0932. The minimum absolute atomic E-state index is 0.0932. The monoisotopic (exact) mass is 285 g/mol. The Labute approximate surface area is 125 Å². The Bertz CT molecular complexity index is 674. The van der Waals surface area contributed by atoms with Gasteiger partial charge < -0.3 is 10.3 Å². The molecule has 2 aromatic rings. The van der Waals surface area contributed by atoms with Crippen LogP contribution in [-0.2, 0) is 13.0 Å². The summed E-state index contributed by atoms with van der Waals surface area (Å²) in [5, 5.41) is 3.28. The first-order chi connectivity index (χ1) is 9.94. The van der Waals surface area contributed by atoms with Gasteiger partial charge in [0, 0.05) is 25.1 Å². The summed E-state index contributed by atoms with van der Waals surface area (Å²) in [5.41, 5.74) is 4.38. The van der Waals surface area contributed by atoms with Crippen LogP contribution in [-0.4, -0.2) is 16.0 Å². The average molecular weight is 285 g/mol. The maximum Gasteiger partial charge on any atom is 0.251 e. The van der Waals surface area contributed by atoms with E-state index in [1.165, 1.54) is 11.1 Å². The highest BCUT2D eigenvalue weighted by Crippen LogP contribution is 2.12. The molecule has 0 aliphatic carbocycles. The molecule has 112 valence electrons. The van der Waals surface area contributed by atoms with Gasteiger partial charge in [0.1, 0.15) is 5.82 Å². The molecule has 4 nitrogen and oxygen atoms in total. The number of nitrogens with zero attached hydrogens (tertiary/aromatic N) is 1. The van der Waals surface area contributed by atoms with Crippen LogP contribution in [0.15, 0.2) is 29.1 Å². The van der Waals surface area contributed by atoms with E-state index in [9.17, 15) is 4.79 Å². The Morgan fingerprint density at radius 3 is 2.62 bits per heavy atom. The van der Waals surface area contributed by atoms with E-state index in [0.717, 1.165) is 11.3 Å². The first kappa shape index (κ1) is 15.4. The highest BCUT2D eigenvalue weighted by Gasteiger charge is 2.05. The molecule has 1 aromatic carbocycles. The number of H-pyrrole nitrogens is 1. The molecule has 2 rings (SSSR count). The van der Waals surface area contributed by atoms with Crippen molar-refractivity contribution in [1.29, 1.82) is 0 Å². The van der Waals surface area contributed by atoms with Gasteiger partial charge in [-0.2, -0.15) is 0 Å². The van der Waals surface area contributed by atoms with Crippen LogP contribution in [0.2, 0.25) is 0 Å². The third-order valence-corrected chi connectivity index (χ3v) is 3.48. The van der Waals surface area contributed by atoms with E-state index < -0.39 is 0 Å². The lowest BCUT2D eigenvalue weighted by Gasteiger charge is -2.09. The number of aromatic nitrogens is 2. The van der Waals surface area contributed by atoms with Crippen molar-refractivity contribution in [2.75, 3.05) is 0 Å². The van der Waals surface area contributed by atoms with Crippen molar-refractivity contribution in [2.24, 2.45) is 0 Å². The largest absolute Gasteiger partial charge is 0.310 e. The molecule has 0 radical (unpaired) electrons. The van der Waals surface area contributed by atoms with Gasteiger partial charge in [0.05, 0.1) is 5.69 Å². The lowest BCUT2D eigenvalue weighted by molar-refractivity contribution is 0.578. The fourth-order valence-electron chi connectivity index (χ4n) is 2.15. The first-order valence-electron chi connectivity index (χ1n) is 7.32. The second-order valence-corrected chi connectivity index (χ2v) is 5.81. The predicted octanol–water partition coefficient (Wildman–Crippen LogP) is 2.48. The molecule has 2 N–H and O–H groups in total. The average Bonchev–Trinajstić information content (AvgIpc) is 2.40. The molecule has 0 aliphatic rings. The van der Waals surface area contributed by atoms with Crippen molar-refractivity contribution in [2.45, 2.75) is 46.7 Å². The summed E-state index contributed by atoms with van der Waals surface area (Å²) in [4.78, 5) is 19.1. The number of rotatable bonds is 5. The van der Waals surface area contributed by atoms with Gasteiger partial charge in [-0.15, -0.1) is 0 Å². The van der Waals surface area contributed by atoms with Crippen molar-refractivity contribution >= 4 is 0 Å². The fourth-order valence-corrected chi connectivity index (χ4v) is 2.15. The molecular formula is C17H23N3O. The Hall–Kier alpha value is -1.94. The molecular weight excluding hydrogens is 262 g/mol. The van der Waals surface area contributed by atoms with E-state index in [1.807, 2.05) is 0 Å². The quantitative estimate of drug-likeness (QED) is 0.887. The molecule has 1 aromatic heterocycles. The van der Waals surface area contributed by atoms with Crippen molar-refractivity contribution in [3.05, 3.63) is 62.8 Å². The Morgan fingerprint density at radius 1 is 1.19 bits per heavy atom. The van der Waals surface area contributed by atoms with Gasteiger partial charge in [-0.3, -0.25) is 4.79 Å². The lowest BCUT2D eigenvalue weighted by atomic mass is 10.0. The van der Waals surface area contributed by atoms with Gasteiger partial charge in [-0.1, -0.05) is 32.0 Å². The normalized spacial score (nSPS) is 11.1. The highest BCUT2D eigenvalue weighted by molar-refractivity contribution is 5.31. The van der Waals surface area contributed by atoms with Gasteiger partial charge in [-0.05, 0) is 30.5 Å². The molecule has 0 aliphatic heterocycles. The summed E-state index contributed by atoms with van der Waals surface area (Å²) < 4.78 is 0. The Balaban J connectivity index is 2.19. The molecule has 4 heteroatoms. The second-order valence-electron chi connectivity index (χ2n) is 5.81. The maximum atomic E-state index is 11.7. The van der Waals surface area contributed by atoms with Crippen LogP contribution >= 0.6 is 0 Å². The molecule has 0 bridgehead atoms. The number of hydrogen-bond donors (Lipinski definition) is 2. The summed E-state index contributed by atoms with van der Waals surface area (Å²) in [7, 11) is 0. The zero-order chi connectivity index (χ0) is 15.4. The smallest absolute Gasteiger partial charge is 0.251 e. The second kappa shape index (κ2) is 6.68. The van der Waals surface area contributed by atoms with Gasteiger partial charge >= 0.3 is 0 Å². The van der Waals surface area contributed by atoms with Crippen LogP contribution in [0.3, 0.4) is 0 Å². The Kier molecular flexibility index (Phi) is 4.91. The van der Waals surface area contributed by atoms with Crippen LogP contribution in [0.4, 0.5) is 0 Å². The summed E-state index contributed by atoms with van der Waals surface area (Å²) in [6.45, 7) is 8.95. The van der Waals surface area contributed by atoms with E-state index in [0.29, 0.717) is 24.8 Å². The van der Waals surface area contributed by atoms with Gasteiger partial charge in [-0.25, -0.2) is 4.98 Å². The number of benzene rings is 1. The minimum Gasteiger partial charge on any atom is -0.310 e. The molecule has 1 heterocycles. The summed E-state index contributed by atoms with van der Waals surface area (Å²) in [5.74, 6) is 0.714. The molecule has 0 spiro atoms. The van der Waals surface area contributed by atoms with Crippen LogP contribution in [0.1, 0.15) is 42.1 Å². The van der Waals surface area contributed by atoms with E-state index in [2.05, 4.69) is 61.2 Å². The predicted molar refractivity (Wildman–Crippen MR) is 85.6 cm³/mol. The van der Waals surface area contributed by atoms with E-state index >= 15 is 0 Å². The zero-order valence-electron chi connectivity index (χ0n) is 13.2. The molecule has 0 saturated carbocycles.